The molecule has 0 saturated heterocycles. The van der Waals surface area contributed by atoms with Crippen molar-refractivity contribution in [1.29, 1.82) is 0 Å². The van der Waals surface area contributed by atoms with E-state index in [2.05, 4.69) is 5.32 Å². The minimum absolute atomic E-state index is 0.0613. The summed E-state index contributed by atoms with van der Waals surface area (Å²) in [4.78, 5) is 27.3. The zero-order valence-corrected chi connectivity index (χ0v) is 23.1. The van der Waals surface area contributed by atoms with Crippen molar-refractivity contribution in [3.63, 3.8) is 0 Å². The largest absolute Gasteiger partial charge is 0.355 e. The predicted molar refractivity (Wildman–Crippen MR) is 142 cm³/mol. The zero-order valence-electron chi connectivity index (χ0n) is 20.8. The highest BCUT2D eigenvalue weighted by atomic mass is 35.5. The highest BCUT2D eigenvalue weighted by Crippen LogP contribution is 2.25. The van der Waals surface area contributed by atoms with E-state index in [1.807, 2.05) is 32.0 Å². The maximum Gasteiger partial charge on any atom is 0.242 e. The molecule has 0 saturated carbocycles. The number of nitrogens with zero attached hydrogens (tertiary/aromatic N) is 2. The van der Waals surface area contributed by atoms with E-state index in [0.29, 0.717) is 27.8 Å². The van der Waals surface area contributed by atoms with Crippen molar-refractivity contribution in [2.45, 2.75) is 53.1 Å². The molecule has 192 valence electrons. The van der Waals surface area contributed by atoms with Crippen LogP contribution in [0.1, 0.15) is 43.4 Å². The lowest BCUT2D eigenvalue weighted by Crippen LogP contribution is -2.47. The maximum atomic E-state index is 13.3. The molecule has 0 unspecified atom stereocenters. The highest BCUT2D eigenvalue weighted by molar-refractivity contribution is 7.92. The van der Waals surface area contributed by atoms with Gasteiger partial charge >= 0.3 is 0 Å². The smallest absolute Gasteiger partial charge is 0.242 e. The first-order valence-electron chi connectivity index (χ1n) is 11.4. The number of carbonyl (C=O) groups is 2. The monoisotopic (exact) mass is 541 g/mol. The van der Waals surface area contributed by atoms with Gasteiger partial charge in [-0.3, -0.25) is 13.9 Å². The molecule has 0 spiro atoms. The Morgan fingerprint density at radius 1 is 1.06 bits per heavy atom. The van der Waals surface area contributed by atoms with Crippen LogP contribution < -0.4 is 9.62 Å². The fraction of sp³-hybridized carbons (Fsp3) is 0.440. The third kappa shape index (κ3) is 8.40. The Morgan fingerprint density at radius 2 is 1.69 bits per heavy atom. The van der Waals surface area contributed by atoms with Crippen LogP contribution in [0.3, 0.4) is 0 Å². The normalized spacial score (nSPS) is 12.2. The van der Waals surface area contributed by atoms with Crippen LogP contribution in [0.4, 0.5) is 5.69 Å². The lowest BCUT2D eigenvalue weighted by molar-refractivity contribution is -0.140. The SMILES string of the molecule is CCNC(=O)[C@@H](C)N(Cc1ccc(Cl)cc1Cl)C(=O)CCCN(c1cc(C)cc(C)c1)S(C)(=O)=O. The average molecular weight is 543 g/mol. The number of halogens is 2. The number of carbonyl (C=O) groups excluding carboxylic acids is 2. The number of hydrogen-bond acceptors (Lipinski definition) is 4. The molecule has 10 heteroatoms. The van der Waals surface area contributed by atoms with Crippen molar-refractivity contribution in [1.82, 2.24) is 10.2 Å². The second kappa shape index (κ2) is 12.6. The molecule has 1 N–H and O–H groups in total. The molecule has 0 radical (unpaired) electrons. The van der Waals surface area contributed by atoms with E-state index in [1.54, 1.807) is 32.0 Å². The fourth-order valence-corrected chi connectivity index (χ4v) is 5.25. The van der Waals surface area contributed by atoms with Gasteiger partial charge in [-0.15, -0.1) is 0 Å². The first-order chi connectivity index (χ1) is 16.3. The van der Waals surface area contributed by atoms with Crippen LogP contribution in [-0.2, 0) is 26.2 Å². The Kier molecular flexibility index (Phi) is 10.4. The van der Waals surface area contributed by atoms with E-state index in [0.717, 1.165) is 17.4 Å². The van der Waals surface area contributed by atoms with Crippen LogP contribution in [0.15, 0.2) is 36.4 Å². The van der Waals surface area contributed by atoms with Gasteiger partial charge in [-0.25, -0.2) is 8.42 Å². The molecule has 0 bridgehead atoms. The molecular formula is C25H33Cl2N3O4S. The molecule has 0 aliphatic heterocycles. The molecule has 2 rings (SSSR count). The van der Waals surface area contributed by atoms with Crippen molar-refractivity contribution in [2.24, 2.45) is 0 Å². The number of aryl methyl sites for hydroxylation is 2. The van der Waals surface area contributed by atoms with Gasteiger partial charge in [0.05, 0.1) is 11.9 Å². The molecular weight excluding hydrogens is 509 g/mol. The third-order valence-corrected chi connectivity index (χ3v) is 7.30. The summed E-state index contributed by atoms with van der Waals surface area (Å²) >= 11 is 12.3. The second-order valence-electron chi connectivity index (χ2n) is 8.61. The van der Waals surface area contributed by atoms with Gasteiger partial charge in [-0.05, 0) is 75.1 Å². The first-order valence-corrected chi connectivity index (χ1v) is 14.0. The lowest BCUT2D eigenvalue weighted by atomic mass is 10.1. The summed E-state index contributed by atoms with van der Waals surface area (Å²) in [5.74, 6) is -0.553. The molecule has 1 atom stereocenters. The molecule has 2 aromatic carbocycles. The van der Waals surface area contributed by atoms with Gasteiger partial charge in [0.2, 0.25) is 21.8 Å². The summed E-state index contributed by atoms with van der Waals surface area (Å²) < 4.78 is 26.3. The van der Waals surface area contributed by atoms with E-state index in [1.165, 1.54) is 9.21 Å². The topological polar surface area (TPSA) is 86.8 Å². The minimum Gasteiger partial charge on any atom is -0.355 e. The number of hydrogen-bond donors (Lipinski definition) is 1. The molecule has 0 heterocycles. The van der Waals surface area contributed by atoms with Crippen LogP contribution in [0.5, 0.6) is 0 Å². The van der Waals surface area contributed by atoms with Gasteiger partial charge < -0.3 is 10.2 Å². The van der Waals surface area contributed by atoms with E-state index in [-0.39, 0.29) is 37.7 Å². The Balaban J connectivity index is 2.21. The predicted octanol–water partition coefficient (Wildman–Crippen LogP) is 4.71. The van der Waals surface area contributed by atoms with Crippen molar-refractivity contribution >= 4 is 50.7 Å². The van der Waals surface area contributed by atoms with Gasteiger partial charge in [0.15, 0.2) is 0 Å². The fourth-order valence-electron chi connectivity index (χ4n) is 3.84. The lowest BCUT2D eigenvalue weighted by Gasteiger charge is -2.29. The molecule has 0 aliphatic carbocycles. The summed E-state index contributed by atoms with van der Waals surface area (Å²) in [6, 6.07) is 9.84. The number of sulfonamides is 1. The number of anilines is 1. The maximum absolute atomic E-state index is 13.3. The Hall–Kier alpha value is -2.29. The first kappa shape index (κ1) is 28.9. The van der Waals surface area contributed by atoms with Gasteiger partial charge in [0.1, 0.15) is 6.04 Å². The number of likely N-dealkylation sites (N-methyl/N-ethyl adjacent to an activating group) is 1. The van der Waals surface area contributed by atoms with Crippen LogP contribution in [0.25, 0.3) is 0 Å². The van der Waals surface area contributed by atoms with Gasteiger partial charge in [-0.2, -0.15) is 0 Å². The summed E-state index contributed by atoms with van der Waals surface area (Å²) in [6.45, 7) is 7.97. The Labute approximate surface area is 218 Å². The van der Waals surface area contributed by atoms with Crippen LogP contribution in [0.2, 0.25) is 10.0 Å². The van der Waals surface area contributed by atoms with Crippen LogP contribution in [0, 0.1) is 13.8 Å². The van der Waals surface area contributed by atoms with Gasteiger partial charge in [0.25, 0.3) is 0 Å². The number of rotatable bonds is 11. The Morgan fingerprint density at radius 3 is 2.23 bits per heavy atom. The molecule has 7 nitrogen and oxygen atoms in total. The van der Waals surface area contributed by atoms with Crippen molar-refractivity contribution in [3.05, 3.63) is 63.1 Å². The third-order valence-electron chi connectivity index (χ3n) is 5.52. The molecule has 2 aromatic rings. The molecule has 0 aliphatic rings. The van der Waals surface area contributed by atoms with Crippen molar-refractivity contribution in [3.8, 4) is 0 Å². The number of amides is 2. The van der Waals surface area contributed by atoms with E-state index < -0.39 is 16.1 Å². The molecule has 0 fully saturated rings. The average Bonchev–Trinajstić information content (AvgIpc) is 2.74. The van der Waals surface area contributed by atoms with Crippen LogP contribution >= 0.6 is 23.2 Å². The highest BCUT2D eigenvalue weighted by Gasteiger charge is 2.27. The standard InChI is InChI=1S/C25H33Cl2N3O4S/c1-6-28-25(32)19(4)29(16-20-9-10-21(26)15-23(20)27)24(31)8-7-11-30(35(5,33)34)22-13-17(2)12-18(3)14-22/h9-10,12-15,19H,6-8,11,16H2,1-5H3,(H,28,32)/t19-/m1/s1. The van der Waals surface area contributed by atoms with Gasteiger partial charge in [0, 0.05) is 36.1 Å². The Bertz CT molecular complexity index is 1150. The molecule has 0 aromatic heterocycles. The van der Waals surface area contributed by atoms with E-state index >= 15 is 0 Å². The van der Waals surface area contributed by atoms with Crippen LogP contribution in [-0.4, -0.2) is 50.5 Å². The summed E-state index contributed by atoms with van der Waals surface area (Å²) in [7, 11) is -3.55. The summed E-state index contributed by atoms with van der Waals surface area (Å²) in [6.07, 6.45) is 1.50. The quantitative estimate of drug-likeness (QED) is 0.446. The minimum atomic E-state index is -3.55. The van der Waals surface area contributed by atoms with Crippen molar-refractivity contribution in [2.75, 3.05) is 23.7 Å². The summed E-state index contributed by atoms with van der Waals surface area (Å²) in [5.41, 5.74) is 3.13. The van der Waals surface area contributed by atoms with Crippen molar-refractivity contribution < 1.29 is 18.0 Å². The van der Waals surface area contributed by atoms with E-state index in [4.69, 9.17) is 23.2 Å². The molecule has 2 amide bonds. The summed E-state index contributed by atoms with van der Waals surface area (Å²) in [5, 5.41) is 3.61. The number of nitrogens with one attached hydrogen (secondary N) is 1. The molecule has 35 heavy (non-hydrogen) atoms. The van der Waals surface area contributed by atoms with E-state index in [9.17, 15) is 18.0 Å². The zero-order chi connectivity index (χ0) is 26.3. The number of benzene rings is 2. The second-order valence-corrected chi connectivity index (χ2v) is 11.4. The van der Waals surface area contributed by atoms with Gasteiger partial charge in [-0.1, -0.05) is 35.3 Å².